The van der Waals surface area contributed by atoms with E-state index < -0.39 is 29.2 Å². The van der Waals surface area contributed by atoms with Crippen molar-refractivity contribution in [2.24, 2.45) is 5.41 Å². The third-order valence-corrected chi connectivity index (χ3v) is 14.7. The van der Waals surface area contributed by atoms with Crippen molar-refractivity contribution in [2.75, 3.05) is 49.5 Å². The number of hydrogen-bond donors (Lipinski definition) is 5. The zero-order valence-electron chi connectivity index (χ0n) is 43.4. The number of amides is 3. The number of piperazine rings is 1. The van der Waals surface area contributed by atoms with Gasteiger partial charge in [0, 0.05) is 69.7 Å². The third-order valence-electron chi connectivity index (χ3n) is 13.8. The molecule has 0 radical (unpaired) electrons. The number of carbonyl (C=O) groups excluding carboxylic acids is 3. The topological polar surface area (TPSA) is 216 Å². The summed E-state index contributed by atoms with van der Waals surface area (Å²) >= 11 is 1.58. The van der Waals surface area contributed by atoms with Crippen LogP contribution in [0.25, 0.3) is 27.3 Å². The number of fused-ring (bicyclic) bond motifs is 1. The van der Waals surface area contributed by atoms with Gasteiger partial charge in [-0.3, -0.25) is 24.1 Å². The van der Waals surface area contributed by atoms with Crippen molar-refractivity contribution in [3.05, 3.63) is 118 Å². The molecule has 0 bridgehead atoms. The lowest BCUT2D eigenvalue weighted by atomic mass is 9.85. The second-order valence-corrected chi connectivity index (χ2v) is 21.8. The highest BCUT2D eigenvalue weighted by atomic mass is 32.1. The van der Waals surface area contributed by atoms with Crippen LogP contribution in [0.4, 0.5) is 17.3 Å². The van der Waals surface area contributed by atoms with Gasteiger partial charge in [-0.2, -0.15) is 4.98 Å². The summed E-state index contributed by atoms with van der Waals surface area (Å²) in [5, 5.41) is 30.8. The van der Waals surface area contributed by atoms with Gasteiger partial charge in [0.2, 0.25) is 23.7 Å². The zero-order valence-corrected chi connectivity index (χ0v) is 44.2. The molecule has 74 heavy (non-hydrogen) atoms. The summed E-state index contributed by atoms with van der Waals surface area (Å²) < 4.78 is 3.14. The van der Waals surface area contributed by atoms with Crippen LogP contribution in [-0.2, 0) is 33.1 Å². The van der Waals surface area contributed by atoms with Crippen LogP contribution in [0.15, 0.2) is 95.9 Å². The molecule has 8 rings (SSSR count). The highest BCUT2D eigenvalue weighted by Crippen LogP contribution is 2.30. The molecule has 2 unspecified atom stereocenters. The number of nitrogens with one attached hydrogen (secondary N) is 3. The number of nitrogens with zero attached hydrogens (tertiary/aromatic N) is 9. The van der Waals surface area contributed by atoms with Crippen LogP contribution >= 0.6 is 11.3 Å². The smallest absolute Gasteiger partial charge is 0.278 e. The van der Waals surface area contributed by atoms with E-state index in [1.54, 1.807) is 54.1 Å². The van der Waals surface area contributed by atoms with Crippen LogP contribution in [0, 0.1) is 12.3 Å². The van der Waals surface area contributed by atoms with Crippen molar-refractivity contribution in [1.29, 1.82) is 0 Å². The first-order valence-corrected chi connectivity index (χ1v) is 26.4. The number of thiazole rings is 1. The summed E-state index contributed by atoms with van der Waals surface area (Å²) in [6.45, 7) is 20.0. The van der Waals surface area contributed by atoms with E-state index in [0.717, 1.165) is 85.1 Å². The lowest BCUT2D eigenvalue weighted by molar-refractivity contribution is -0.144. The largest absolute Gasteiger partial charge is 0.391 e. The molecule has 2 aliphatic heterocycles. The molecular weight excluding hydrogens is 957 g/mol. The Morgan fingerprint density at radius 3 is 2.32 bits per heavy atom. The summed E-state index contributed by atoms with van der Waals surface area (Å²) in [6, 6.07) is 19.7. The number of rotatable bonds is 20. The Balaban J connectivity index is 0.756. The van der Waals surface area contributed by atoms with Crippen molar-refractivity contribution in [3.63, 3.8) is 0 Å². The van der Waals surface area contributed by atoms with E-state index in [2.05, 4.69) is 59.4 Å². The molecular formula is C55H70N12O6S. The fourth-order valence-corrected chi connectivity index (χ4v) is 10.4. The van der Waals surface area contributed by atoms with Gasteiger partial charge < -0.3 is 36.0 Å². The van der Waals surface area contributed by atoms with Gasteiger partial charge in [-0.15, -0.1) is 17.9 Å². The number of anilines is 3. The number of unbranched alkanes of at least 4 members (excludes halogenated alkanes) is 3. The number of benzene rings is 2. The number of pyridine rings is 1. The minimum absolute atomic E-state index is 0.0282. The first-order valence-electron chi connectivity index (χ1n) is 25.6. The molecule has 2 fully saturated rings. The van der Waals surface area contributed by atoms with Crippen LogP contribution < -0.4 is 26.4 Å². The van der Waals surface area contributed by atoms with Crippen molar-refractivity contribution in [2.45, 2.75) is 117 Å². The minimum Gasteiger partial charge on any atom is -0.391 e. The van der Waals surface area contributed by atoms with Crippen LogP contribution in [0.5, 0.6) is 0 Å². The molecule has 3 amide bonds. The summed E-state index contributed by atoms with van der Waals surface area (Å²) in [4.78, 5) is 79.9. The number of carbonyl (C=O) groups is 3. The number of hydrogen-bond acceptors (Lipinski definition) is 14. The SMILES string of the molecule is C=CCn1c(=O)c2cnc(Nc3ccc(N4CCN(CCCCCCC(=O)N[C@H](C(=O)N5CC(O)CC5C(=O)NCc5ccc(-c6scnc6C)cc5)C(C)(C)C)CC4)cc3)nc2n1-c1cccc(C(C)(C)O)n1. The fraction of sp³-hybridized carbons (Fsp3) is 0.455. The van der Waals surface area contributed by atoms with Crippen molar-refractivity contribution < 1.29 is 24.6 Å². The monoisotopic (exact) mass is 1030 g/mol. The number of aliphatic hydroxyl groups excluding tert-OH is 1. The molecule has 2 aromatic carbocycles. The molecule has 0 aliphatic carbocycles. The van der Waals surface area contributed by atoms with Crippen molar-refractivity contribution >= 4 is 57.4 Å². The predicted molar refractivity (Wildman–Crippen MR) is 289 cm³/mol. The molecule has 0 spiro atoms. The lowest BCUT2D eigenvalue weighted by Gasteiger charge is -2.36. The van der Waals surface area contributed by atoms with Crippen molar-refractivity contribution in [1.82, 2.24) is 49.7 Å². The molecule has 6 aromatic rings. The zero-order chi connectivity index (χ0) is 52.7. The van der Waals surface area contributed by atoms with Gasteiger partial charge in [-0.1, -0.05) is 70.0 Å². The van der Waals surface area contributed by atoms with E-state index in [9.17, 15) is 29.4 Å². The Morgan fingerprint density at radius 1 is 0.919 bits per heavy atom. The van der Waals surface area contributed by atoms with Gasteiger partial charge >= 0.3 is 0 Å². The number of likely N-dealkylation sites (tertiary alicyclic amines) is 1. The van der Waals surface area contributed by atoms with E-state index in [4.69, 9.17) is 4.98 Å². The van der Waals surface area contributed by atoms with E-state index in [1.807, 2.05) is 69.6 Å². The Morgan fingerprint density at radius 2 is 1.65 bits per heavy atom. The summed E-state index contributed by atoms with van der Waals surface area (Å²) in [7, 11) is 0. The van der Waals surface area contributed by atoms with Crippen LogP contribution in [-0.4, -0.2) is 124 Å². The van der Waals surface area contributed by atoms with Crippen molar-refractivity contribution in [3.8, 4) is 16.3 Å². The normalized spacial score (nSPS) is 16.9. The Kier molecular flexibility index (Phi) is 16.8. The Labute approximate surface area is 436 Å². The van der Waals surface area contributed by atoms with Gasteiger partial charge in [-0.05, 0) is 93.1 Å². The standard InChI is InChI=1S/C55H70N12O6S/c1-8-25-66-51(71)42-33-57-53(62-49(42)67(66)45-15-13-14-44(60-45)55(6,7)73)59-39-21-23-40(24-22-39)64-29-27-63(28-30-64)26-12-10-9-11-16-46(69)61-48(54(3,4)5)52(72)65-34-41(68)31-43(65)50(70)56-32-37-17-19-38(20-18-37)47-36(2)58-35-74-47/h8,13-15,17-24,33,35,41,43,48,68,73H,1,9-12,16,25-32,34H2,2-7H3,(H,56,70)(H,61,69)(H,57,59,62)/t41?,43?,48-/m1/s1. The molecule has 3 atom stereocenters. The molecule has 2 saturated heterocycles. The second-order valence-electron chi connectivity index (χ2n) is 21.0. The first kappa shape index (κ1) is 53.5. The number of allylic oxidation sites excluding steroid dienone is 1. The summed E-state index contributed by atoms with van der Waals surface area (Å²) in [6.07, 6.45) is 6.35. The quantitative estimate of drug-likeness (QED) is 0.0411. The van der Waals surface area contributed by atoms with E-state index in [1.165, 1.54) is 15.8 Å². The van der Waals surface area contributed by atoms with Gasteiger partial charge in [0.25, 0.3) is 5.56 Å². The molecule has 18 nitrogen and oxygen atoms in total. The highest BCUT2D eigenvalue weighted by Gasteiger charge is 2.44. The van der Waals surface area contributed by atoms with Gasteiger partial charge in [-0.25, -0.2) is 24.3 Å². The molecule has 6 heterocycles. The summed E-state index contributed by atoms with van der Waals surface area (Å²) in [5.41, 5.74) is 5.44. The molecule has 5 N–H and O–H groups in total. The van der Waals surface area contributed by atoms with E-state index in [0.29, 0.717) is 41.3 Å². The molecule has 392 valence electrons. The maximum atomic E-state index is 14.1. The maximum absolute atomic E-state index is 14.1. The Bertz CT molecular complexity index is 2980. The van der Waals surface area contributed by atoms with Crippen LogP contribution in [0.3, 0.4) is 0 Å². The van der Waals surface area contributed by atoms with Crippen LogP contribution in [0.1, 0.15) is 90.1 Å². The van der Waals surface area contributed by atoms with E-state index in [-0.39, 0.29) is 49.3 Å². The average Bonchev–Trinajstić information content (AvgIpc) is 4.07. The number of β-amino-alcohol motifs (C(OH)–C–C–N with tert-alkyl or cyclic N) is 1. The molecule has 19 heteroatoms. The molecule has 2 aliphatic rings. The van der Waals surface area contributed by atoms with Crippen LogP contribution in [0.2, 0.25) is 0 Å². The first-order chi connectivity index (χ1) is 35.4. The maximum Gasteiger partial charge on any atom is 0.278 e. The van der Waals surface area contributed by atoms with Gasteiger partial charge in [0.1, 0.15) is 23.1 Å². The van der Waals surface area contributed by atoms with Gasteiger partial charge in [0.15, 0.2) is 11.5 Å². The number of aromatic nitrogens is 6. The number of aliphatic hydroxyl groups is 2. The van der Waals surface area contributed by atoms with Gasteiger partial charge in [0.05, 0.1) is 34.4 Å². The predicted octanol–water partition coefficient (Wildman–Crippen LogP) is 6.45. The molecule has 0 saturated carbocycles. The minimum atomic E-state index is -1.18. The van der Waals surface area contributed by atoms with E-state index >= 15 is 0 Å². The second kappa shape index (κ2) is 23.2. The molecule has 4 aromatic heterocycles. The number of aryl methyl sites for hydroxylation is 1. The third kappa shape index (κ3) is 12.7. The lowest BCUT2D eigenvalue weighted by Crippen LogP contribution is -2.57. The highest BCUT2D eigenvalue weighted by molar-refractivity contribution is 7.13. The summed E-state index contributed by atoms with van der Waals surface area (Å²) in [5.74, 6) is -0.139. The average molecular weight is 1030 g/mol. The fourth-order valence-electron chi connectivity index (χ4n) is 9.59. The Hall–Kier alpha value is -6.80.